The Balaban J connectivity index is 2.75. The number of hydrogen-bond donors (Lipinski definition) is 0. The summed E-state index contributed by atoms with van der Waals surface area (Å²) in [5, 5.41) is 0. The van der Waals surface area contributed by atoms with Gasteiger partial charge < -0.3 is 4.74 Å². The Labute approximate surface area is 104 Å². The summed E-state index contributed by atoms with van der Waals surface area (Å²) in [6.07, 6.45) is 7.46. The van der Waals surface area contributed by atoms with Crippen LogP contribution in [0.5, 0.6) is 0 Å². The number of ketones is 1. The molecule has 0 aromatic heterocycles. The van der Waals surface area contributed by atoms with E-state index in [0.717, 1.165) is 12.8 Å². The molecule has 1 atom stereocenters. The third-order valence-corrected chi connectivity index (χ3v) is 3.64. The maximum Gasteiger partial charge on any atom is 0.310 e. The average molecular weight is 239 g/mol. The molecule has 1 fully saturated rings. The van der Waals surface area contributed by atoms with Gasteiger partial charge in [-0.2, -0.15) is 0 Å². The average Bonchev–Trinajstić information content (AvgIpc) is 2.29. The number of carbonyl (C=O) groups excluding carboxylic acids is 2. The van der Waals surface area contributed by atoms with Crippen molar-refractivity contribution in [1.29, 1.82) is 0 Å². The first-order valence-electron chi connectivity index (χ1n) is 6.49. The van der Waals surface area contributed by atoms with Crippen LogP contribution in [0.3, 0.4) is 0 Å². The van der Waals surface area contributed by atoms with Crippen LogP contribution in [0.25, 0.3) is 0 Å². The number of hydrogen-bond acceptors (Lipinski definition) is 3. The van der Waals surface area contributed by atoms with Crippen molar-refractivity contribution in [3.63, 3.8) is 0 Å². The van der Waals surface area contributed by atoms with Gasteiger partial charge in [-0.05, 0) is 32.6 Å². The van der Waals surface area contributed by atoms with E-state index in [1.54, 1.807) is 13.8 Å². The second-order valence-corrected chi connectivity index (χ2v) is 5.24. The van der Waals surface area contributed by atoms with Crippen LogP contribution in [0.1, 0.15) is 59.3 Å². The lowest BCUT2D eigenvalue weighted by atomic mass is 9.75. The first-order chi connectivity index (χ1) is 7.98. The highest BCUT2D eigenvalue weighted by atomic mass is 16.6. The number of carbonyl (C=O) groups is 2. The van der Waals surface area contributed by atoms with Crippen LogP contribution in [-0.4, -0.2) is 17.4 Å². The zero-order chi connectivity index (χ0) is 12.9. The minimum absolute atomic E-state index is 0.0852. The Morgan fingerprint density at radius 2 is 1.88 bits per heavy atom. The Bertz CT molecular complexity index is 279. The highest BCUT2D eigenvalue weighted by Gasteiger charge is 2.39. The van der Waals surface area contributed by atoms with Crippen LogP contribution in [0.2, 0.25) is 0 Å². The van der Waals surface area contributed by atoms with Gasteiger partial charge in [0.1, 0.15) is 11.4 Å². The van der Waals surface area contributed by atoms with E-state index in [9.17, 15) is 9.59 Å². The van der Waals surface area contributed by atoms with Gasteiger partial charge in [0.05, 0.1) is 6.42 Å². The zero-order valence-corrected chi connectivity index (χ0v) is 11.1. The van der Waals surface area contributed by atoms with Gasteiger partial charge in [-0.1, -0.05) is 26.2 Å². The monoisotopic (exact) mass is 239 g/mol. The minimum Gasteiger partial charge on any atom is -0.458 e. The van der Waals surface area contributed by atoms with E-state index in [1.807, 2.05) is 6.92 Å². The van der Waals surface area contributed by atoms with E-state index >= 15 is 0 Å². The topological polar surface area (TPSA) is 43.4 Å². The summed E-state index contributed by atoms with van der Waals surface area (Å²) in [6.45, 7) is 5.13. The van der Waals surface area contributed by atoms with E-state index in [4.69, 9.17) is 4.74 Å². The molecule has 1 aliphatic rings. The number of rotatable bonds is 5. The second kappa shape index (κ2) is 6.18. The second-order valence-electron chi connectivity index (χ2n) is 5.24. The molecule has 1 saturated carbocycles. The molecule has 3 nitrogen and oxygen atoms in total. The van der Waals surface area contributed by atoms with Crippen LogP contribution >= 0.6 is 0 Å². The molecule has 0 aromatic carbocycles. The molecule has 0 saturated heterocycles. The van der Waals surface area contributed by atoms with Gasteiger partial charge in [0.25, 0.3) is 0 Å². The van der Waals surface area contributed by atoms with Crippen molar-refractivity contribution in [1.82, 2.24) is 0 Å². The highest BCUT2D eigenvalue weighted by molar-refractivity contribution is 5.80. The Morgan fingerprint density at radius 1 is 1.29 bits per heavy atom. The third-order valence-electron chi connectivity index (χ3n) is 3.64. The fraction of sp³-hybridized carbons (Fsp3) is 0.786. The molecule has 0 spiro atoms. The van der Waals surface area contributed by atoms with E-state index in [-0.39, 0.29) is 11.8 Å². The standard InChI is InChI=1S/C14H23O3/c1-4-13(16)17-14(3,10-11(2)15)12-8-6-5-7-9-12/h4,12H,5-10H2,1-3H3. The molecular weight excluding hydrogens is 216 g/mol. The molecular formula is C14H23O3. The van der Waals surface area contributed by atoms with Gasteiger partial charge in [-0.3, -0.25) is 9.59 Å². The fourth-order valence-electron chi connectivity index (χ4n) is 2.76. The summed E-state index contributed by atoms with van der Waals surface area (Å²) in [4.78, 5) is 22.8. The Hall–Kier alpha value is -0.860. The predicted octanol–water partition coefficient (Wildman–Crippen LogP) is 3.07. The van der Waals surface area contributed by atoms with Gasteiger partial charge in [0.2, 0.25) is 0 Å². The predicted molar refractivity (Wildman–Crippen MR) is 66.3 cm³/mol. The molecule has 1 rings (SSSR count). The van der Waals surface area contributed by atoms with Crippen LogP contribution < -0.4 is 0 Å². The minimum atomic E-state index is -0.615. The molecule has 97 valence electrons. The molecule has 0 amide bonds. The summed E-state index contributed by atoms with van der Waals surface area (Å²) >= 11 is 0. The van der Waals surface area contributed by atoms with Crippen molar-refractivity contribution in [3.8, 4) is 0 Å². The van der Waals surface area contributed by atoms with E-state index in [2.05, 4.69) is 0 Å². The molecule has 1 radical (unpaired) electrons. The molecule has 0 bridgehead atoms. The molecule has 0 N–H and O–H groups in total. The lowest BCUT2D eigenvalue weighted by Crippen LogP contribution is -2.42. The summed E-state index contributed by atoms with van der Waals surface area (Å²) in [6, 6.07) is 0. The van der Waals surface area contributed by atoms with Crippen LogP contribution in [-0.2, 0) is 14.3 Å². The fourth-order valence-corrected chi connectivity index (χ4v) is 2.76. The van der Waals surface area contributed by atoms with E-state index in [1.165, 1.54) is 25.7 Å². The Morgan fingerprint density at radius 3 is 2.35 bits per heavy atom. The summed E-state index contributed by atoms with van der Waals surface area (Å²) < 4.78 is 5.52. The van der Waals surface area contributed by atoms with Gasteiger partial charge in [0, 0.05) is 6.42 Å². The van der Waals surface area contributed by atoms with E-state index < -0.39 is 5.60 Å². The lowest BCUT2D eigenvalue weighted by molar-refractivity contribution is -0.163. The third kappa shape index (κ3) is 4.14. The zero-order valence-electron chi connectivity index (χ0n) is 11.1. The molecule has 1 aliphatic carbocycles. The van der Waals surface area contributed by atoms with Crippen LogP contribution in [0, 0.1) is 12.3 Å². The number of Topliss-reactive ketones (excluding diaryl/α,β-unsaturated/α-hetero) is 1. The molecule has 1 unspecified atom stereocenters. The van der Waals surface area contributed by atoms with Gasteiger partial charge >= 0.3 is 5.97 Å². The first-order valence-corrected chi connectivity index (χ1v) is 6.49. The normalized spacial score (nSPS) is 20.6. The molecule has 0 heterocycles. The van der Waals surface area contributed by atoms with Crippen molar-refractivity contribution in [2.24, 2.45) is 5.92 Å². The number of esters is 1. The van der Waals surface area contributed by atoms with Crippen molar-refractivity contribution in [2.45, 2.75) is 64.9 Å². The maximum atomic E-state index is 11.5. The smallest absolute Gasteiger partial charge is 0.310 e. The largest absolute Gasteiger partial charge is 0.458 e. The lowest BCUT2D eigenvalue weighted by Gasteiger charge is -2.38. The molecule has 3 heteroatoms. The SMILES string of the molecule is C[CH]C(=O)OC(C)(CC(C)=O)C1CCCCC1. The first kappa shape index (κ1) is 14.2. The van der Waals surface area contributed by atoms with E-state index in [0.29, 0.717) is 12.3 Å². The Kier molecular flexibility index (Phi) is 5.16. The van der Waals surface area contributed by atoms with Crippen molar-refractivity contribution in [3.05, 3.63) is 6.42 Å². The molecule has 0 aromatic rings. The maximum absolute atomic E-state index is 11.5. The van der Waals surface area contributed by atoms with Gasteiger partial charge in [-0.25, -0.2) is 0 Å². The van der Waals surface area contributed by atoms with Gasteiger partial charge in [0.15, 0.2) is 0 Å². The quantitative estimate of drug-likeness (QED) is 0.692. The summed E-state index contributed by atoms with van der Waals surface area (Å²) in [7, 11) is 0. The van der Waals surface area contributed by atoms with Crippen LogP contribution in [0.15, 0.2) is 0 Å². The van der Waals surface area contributed by atoms with Gasteiger partial charge in [-0.15, -0.1) is 0 Å². The molecule has 17 heavy (non-hydrogen) atoms. The summed E-state index contributed by atoms with van der Waals surface area (Å²) in [5.41, 5.74) is -0.615. The highest BCUT2D eigenvalue weighted by Crippen LogP contribution is 2.37. The van der Waals surface area contributed by atoms with Crippen molar-refractivity contribution >= 4 is 11.8 Å². The van der Waals surface area contributed by atoms with Crippen LogP contribution in [0.4, 0.5) is 0 Å². The summed E-state index contributed by atoms with van der Waals surface area (Å²) in [5.74, 6) is 0.0883. The number of ether oxygens (including phenoxy) is 1. The van der Waals surface area contributed by atoms with Crippen molar-refractivity contribution in [2.75, 3.05) is 0 Å². The van der Waals surface area contributed by atoms with Crippen molar-refractivity contribution < 1.29 is 14.3 Å². The molecule has 0 aliphatic heterocycles.